The van der Waals surface area contributed by atoms with Gasteiger partial charge in [-0.25, -0.2) is 4.39 Å². The Balaban J connectivity index is 2.61. The number of benzene rings is 1. The third-order valence-corrected chi connectivity index (χ3v) is 3.42. The molecule has 0 aromatic heterocycles. The second-order valence-corrected chi connectivity index (χ2v) is 5.45. The SMILES string of the molecule is COCC(Br)CNC(=O)c1cccc(F)c1Br. The van der Waals surface area contributed by atoms with Crippen LogP contribution in [0.5, 0.6) is 0 Å². The highest BCUT2D eigenvalue weighted by Gasteiger charge is 2.13. The second-order valence-electron chi connectivity index (χ2n) is 3.36. The molecule has 1 amide bonds. The number of carbonyl (C=O) groups is 1. The second kappa shape index (κ2) is 7.08. The van der Waals surface area contributed by atoms with Crippen LogP contribution >= 0.6 is 31.9 Å². The van der Waals surface area contributed by atoms with E-state index in [4.69, 9.17) is 4.74 Å². The van der Waals surface area contributed by atoms with Crippen molar-refractivity contribution < 1.29 is 13.9 Å². The number of amides is 1. The van der Waals surface area contributed by atoms with Crippen molar-refractivity contribution in [3.05, 3.63) is 34.1 Å². The topological polar surface area (TPSA) is 38.3 Å². The van der Waals surface area contributed by atoms with Gasteiger partial charge in [-0.15, -0.1) is 0 Å². The van der Waals surface area contributed by atoms with E-state index in [-0.39, 0.29) is 20.8 Å². The van der Waals surface area contributed by atoms with Crippen LogP contribution in [-0.4, -0.2) is 31.0 Å². The van der Waals surface area contributed by atoms with Gasteiger partial charge in [-0.05, 0) is 28.1 Å². The lowest BCUT2D eigenvalue weighted by Gasteiger charge is -2.11. The number of hydrogen-bond acceptors (Lipinski definition) is 2. The molecule has 0 radical (unpaired) electrons. The quantitative estimate of drug-likeness (QED) is 0.811. The first-order chi connectivity index (χ1) is 8.06. The first-order valence-electron chi connectivity index (χ1n) is 4.91. The van der Waals surface area contributed by atoms with E-state index in [0.29, 0.717) is 13.2 Å². The van der Waals surface area contributed by atoms with Crippen molar-refractivity contribution >= 4 is 37.8 Å². The third kappa shape index (κ3) is 4.37. The Morgan fingerprint density at radius 2 is 2.29 bits per heavy atom. The summed E-state index contributed by atoms with van der Waals surface area (Å²) in [6.07, 6.45) is 0. The molecule has 0 saturated carbocycles. The van der Waals surface area contributed by atoms with Gasteiger partial charge in [-0.1, -0.05) is 22.0 Å². The average molecular weight is 369 g/mol. The highest BCUT2D eigenvalue weighted by molar-refractivity contribution is 9.10. The zero-order valence-corrected chi connectivity index (χ0v) is 12.3. The summed E-state index contributed by atoms with van der Waals surface area (Å²) >= 11 is 6.39. The minimum atomic E-state index is -0.454. The fraction of sp³-hybridized carbons (Fsp3) is 0.364. The molecule has 1 N–H and O–H groups in total. The molecular weight excluding hydrogens is 357 g/mol. The summed E-state index contributed by atoms with van der Waals surface area (Å²) in [5.41, 5.74) is 0.280. The van der Waals surface area contributed by atoms with E-state index in [0.717, 1.165) is 0 Å². The molecule has 1 aromatic rings. The van der Waals surface area contributed by atoms with Crippen LogP contribution in [0.4, 0.5) is 4.39 Å². The predicted molar refractivity (Wildman–Crippen MR) is 71.0 cm³/mol. The van der Waals surface area contributed by atoms with E-state index >= 15 is 0 Å². The fourth-order valence-corrected chi connectivity index (χ4v) is 2.09. The third-order valence-electron chi connectivity index (χ3n) is 2.03. The molecule has 1 aromatic carbocycles. The minimum absolute atomic E-state index is 0.0313. The Morgan fingerprint density at radius 1 is 1.59 bits per heavy atom. The molecule has 0 bridgehead atoms. The van der Waals surface area contributed by atoms with E-state index < -0.39 is 5.82 Å². The zero-order valence-electron chi connectivity index (χ0n) is 9.17. The zero-order chi connectivity index (χ0) is 12.8. The standard InChI is InChI=1S/C11H12Br2FNO2/c1-17-6-7(12)5-15-11(16)8-3-2-4-9(14)10(8)13/h2-4,7H,5-6H2,1H3,(H,15,16). The van der Waals surface area contributed by atoms with E-state index in [2.05, 4.69) is 37.2 Å². The Hall–Kier alpha value is -0.460. The summed E-state index contributed by atoms with van der Waals surface area (Å²) < 4.78 is 18.3. The van der Waals surface area contributed by atoms with Crippen molar-refractivity contribution in [1.29, 1.82) is 0 Å². The summed E-state index contributed by atoms with van der Waals surface area (Å²) in [6.45, 7) is 0.903. The Kier molecular flexibility index (Phi) is 6.08. The molecule has 1 unspecified atom stereocenters. The van der Waals surface area contributed by atoms with Crippen molar-refractivity contribution in [2.75, 3.05) is 20.3 Å². The molecule has 1 rings (SSSR count). The van der Waals surface area contributed by atoms with Gasteiger partial charge in [-0.3, -0.25) is 4.79 Å². The van der Waals surface area contributed by atoms with Gasteiger partial charge in [0.05, 0.1) is 21.5 Å². The van der Waals surface area contributed by atoms with Crippen LogP contribution in [0.1, 0.15) is 10.4 Å². The van der Waals surface area contributed by atoms with Gasteiger partial charge in [0.2, 0.25) is 0 Å². The summed E-state index contributed by atoms with van der Waals surface area (Å²) in [6, 6.07) is 4.34. The molecule has 0 spiro atoms. The molecule has 0 aliphatic carbocycles. The molecule has 17 heavy (non-hydrogen) atoms. The molecule has 3 nitrogen and oxygen atoms in total. The van der Waals surface area contributed by atoms with Crippen molar-refractivity contribution in [1.82, 2.24) is 5.32 Å². The molecule has 0 aliphatic rings. The minimum Gasteiger partial charge on any atom is -0.383 e. The monoisotopic (exact) mass is 367 g/mol. The van der Waals surface area contributed by atoms with Crippen molar-refractivity contribution in [2.45, 2.75) is 4.83 Å². The van der Waals surface area contributed by atoms with E-state index in [1.54, 1.807) is 13.2 Å². The van der Waals surface area contributed by atoms with Crippen LogP contribution < -0.4 is 5.32 Å². The van der Waals surface area contributed by atoms with E-state index in [1.165, 1.54) is 12.1 Å². The number of carbonyl (C=O) groups excluding carboxylic acids is 1. The summed E-state index contributed by atoms with van der Waals surface area (Å²) in [7, 11) is 1.58. The summed E-state index contributed by atoms with van der Waals surface area (Å²) in [4.78, 5) is 11.8. The lowest BCUT2D eigenvalue weighted by Crippen LogP contribution is -2.31. The van der Waals surface area contributed by atoms with Crippen LogP contribution in [0.2, 0.25) is 0 Å². The number of alkyl halides is 1. The lowest BCUT2D eigenvalue weighted by molar-refractivity contribution is 0.0948. The number of hydrogen-bond donors (Lipinski definition) is 1. The van der Waals surface area contributed by atoms with Crippen LogP contribution in [0.3, 0.4) is 0 Å². The maximum absolute atomic E-state index is 13.2. The van der Waals surface area contributed by atoms with Gasteiger partial charge in [0.25, 0.3) is 5.91 Å². The molecule has 6 heteroatoms. The van der Waals surface area contributed by atoms with Crippen LogP contribution in [0.15, 0.2) is 22.7 Å². The maximum Gasteiger partial charge on any atom is 0.252 e. The van der Waals surface area contributed by atoms with E-state index in [9.17, 15) is 9.18 Å². The molecule has 0 heterocycles. The maximum atomic E-state index is 13.2. The Labute approximate surface area is 116 Å². The molecule has 0 saturated heterocycles. The Bertz CT molecular complexity index is 401. The van der Waals surface area contributed by atoms with Crippen LogP contribution in [0.25, 0.3) is 0 Å². The number of rotatable bonds is 5. The number of nitrogens with one attached hydrogen (secondary N) is 1. The summed E-state index contributed by atoms with van der Waals surface area (Å²) in [5.74, 6) is -0.776. The lowest BCUT2D eigenvalue weighted by atomic mass is 10.2. The number of ether oxygens (including phenoxy) is 1. The fourth-order valence-electron chi connectivity index (χ4n) is 1.22. The molecule has 1 atom stereocenters. The normalized spacial score (nSPS) is 12.2. The van der Waals surface area contributed by atoms with Gasteiger partial charge < -0.3 is 10.1 Å². The van der Waals surface area contributed by atoms with Crippen LogP contribution in [0, 0.1) is 5.82 Å². The highest BCUT2D eigenvalue weighted by Crippen LogP contribution is 2.20. The highest BCUT2D eigenvalue weighted by atomic mass is 79.9. The largest absolute Gasteiger partial charge is 0.383 e. The number of halogens is 3. The van der Waals surface area contributed by atoms with Gasteiger partial charge >= 0.3 is 0 Å². The van der Waals surface area contributed by atoms with Crippen LogP contribution in [-0.2, 0) is 4.74 Å². The molecule has 94 valence electrons. The van der Waals surface area contributed by atoms with Gasteiger partial charge in [-0.2, -0.15) is 0 Å². The summed E-state index contributed by atoms with van der Waals surface area (Å²) in [5, 5.41) is 2.69. The number of methoxy groups -OCH3 is 1. The average Bonchev–Trinajstić information content (AvgIpc) is 2.30. The van der Waals surface area contributed by atoms with Gasteiger partial charge in [0, 0.05) is 13.7 Å². The van der Waals surface area contributed by atoms with Crippen molar-refractivity contribution in [3.63, 3.8) is 0 Å². The van der Waals surface area contributed by atoms with Gasteiger partial charge in [0.15, 0.2) is 0 Å². The first-order valence-corrected chi connectivity index (χ1v) is 6.62. The molecular formula is C11H12Br2FNO2. The van der Waals surface area contributed by atoms with Crippen molar-refractivity contribution in [2.24, 2.45) is 0 Å². The van der Waals surface area contributed by atoms with Crippen molar-refractivity contribution in [3.8, 4) is 0 Å². The van der Waals surface area contributed by atoms with Gasteiger partial charge in [0.1, 0.15) is 5.82 Å². The van der Waals surface area contributed by atoms with E-state index in [1.807, 2.05) is 0 Å². The Morgan fingerprint density at radius 3 is 2.94 bits per heavy atom. The smallest absolute Gasteiger partial charge is 0.252 e. The predicted octanol–water partition coefficient (Wildman–Crippen LogP) is 2.73. The first kappa shape index (κ1) is 14.6. The molecule has 0 fully saturated rings. The molecule has 0 aliphatic heterocycles.